The molecule has 2 N–H and O–H groups in total. The maximum atomic E-state index is 6.13. The maximum Gasteiger partial charge on any atom is 0.191 e. The van der Waals surface area contributed by atoms with E-state index < -0.39 is 0 Å². The van der Waals surface area contributed by atoms with Crippen molar-refractivity contribution in [3.63, 3.8) is 0 Å². The van der Waals surface area contributed by atoms with Crippen molar-refractivity contribution in [2.75, 3.05) is 20.2 Å². The number of nitrogens with one attached hydrogen (secondary N) is 2. The van der Waals surface area contributed by atoms with Crippen LogP contribution in [0.25, 0.3) is 11.3 Å². The Hall–Kier alpha value is -2.39. The van der Waals surface area contributed by atoms with E-state index in [1.54, 1.807) is 7.05 Å². The molecule has 0 spiro atoms. The Labute approximate surface area is 206 Å². The summed E-state index contributed by atoms with van der Waals surface area (Å²) in [6, 6.07) is 20.6. The van der Waals surface area contributed by atoms with Gasteiger partial charge in [-0.2, -0.15) is 0 Å². The molecule has 170 valence electrons. The van der Waals surface area contributed by atoms with Gasteiger partial charge in [0.1, 0.15) is 5.69 Å². The number of guanidine groups is 1. The second-order valence-electron chi connectivity index (χ2n) is 7.96. The summed E-state index contributed by atoms with van der Waals surface area (Å²) in [5.74, 6) is 1.91. The van der Waals surface area contributed by atoms with Crippen LogP contribution in [0.2, 0.25) is 0 Å². The Morgan fingerprint density at radius 2 is 1.88 bits per heavy atom. The number of rotatable bonds is 6. The molecule has 6 nitrogen and oxygen atoms in total. The van der Waals surface area contributed by atoms with Gasteiger partial charge in [0, 0.05) is 37.7 Å². The molecule has 2 atom stereocenters. The molecule has 32 heavy (non-hydrogen) atoms. The minimum atomic E-state index is 0. The first-order chi connectivity index (χ1) is 15.2. The molecule has 3 aromatic rings. The standard InChI is InChI=1S/C25H30N4O2.HI/c1-18-10-12-20(13-11-18)24-21(9-6-14-30-24)16-27-25(26-2)28-17-22-15-23(31-29-22)19-7-4-3-5-8-19;/h3-5,7-8,10-13,15,21,24H,6,9,14,16-17H2,1-2H3,(H2,26,27,28);1H. The van der Waals surface area contributed by atoms with Crippen LogP contribution in [0.3, 0.4) is 0 Å². The first-order valence-corrected chi connectivity index (χ1v) is 10.9. The molecular formula is C25H31IN4O2. The summed E-state index contributed by atoms with van der Waals surface area (Å²) >= 11 is 0. The van der Waals surface area contributed by atoms with E-state index >= 15 is 0 Å². The van der Waals surface area contributed by atoms with Gasteiger partial charge in [-0.25, -0.2) is 0 Å². The fourth-order valence-corrected chi connectivity index (χ4v) is 3.93. The van der Waals surface area contributed by atoms with E-state index in [9.17, 15) is 0 Å². The van der Waals surface area contributed by atoms with Crippen LogP contribution in [-0.4, -0.2) is 31.3 Å². The van der Waals surface area contributed by atoms with Crippen LogP contribution >= 0.6 is 24.0 Å². The predicted molar refractivity (Wildman–Crippen MR) is 138 cm³/mol. The lowest BCUT2D eigenvalue weighted by atomic mass is 9.89. The van der Waals surface area contributed by atoms with Crippen LogP contribution in [0.4, 0.5) is 0 Å². The van der Waals surface area contributed by atoms with Gasteiger partial charge in [0.25, 0.3) is 0 Å². The minimum Gasteiger partial charge on any atom is -0.373 e. The van der Waals surface area contributed by atoms with Gasteiger partial charge in [-0.1, -0.05) is 65.3 Å². The Morgan fingerprint density at radius 3 is 2.62 bits per heavy atom. The molecule has 0 aliphatic carbocycles. The normalized spacial score (nSPS) is 18.6. The number of nitrogens with zero attached hydrogens (tertiary/aromatic N) is 2. The lowest BCUT2D eigenvalue weighted by Crippen LogP contribution is -2.41. The average Bonchev–Trinajstić information content (AvgIpc) is 3.30. The number of aliphatic imine (C=N–C) groups is 1. The van der Waals surface area contributed by atoms with Gasteiger partial charge in [-0.15, -0.1) is 24.0 Å². The van der Waals surface area contributed by atoms with E-state index in [4.69, 9.17) is 9.26 Å². The molecule has 0 bridgehead atoms. The van der Waals surface area contributed by atoms with Crippen molar-refractivity contribution in [2.45, 2.75) is 32.4 Å². The van der Waals surface area contributed by atoms with Crippen molar-refractivity contribution in [3.8, 4) is 11.3 Å². The second kappa shape index (κ2) is 12.0. The first kappa shape index (κ1) is 24.3. The monoisotopic (exact) mass is 546 g/mol. The average molecular weight is 546 g/mol. The molecule has 1 aliphatic heterocycles. The zero-order valence-electron chi connectivity index (χ0n) is 18.6. The molecular weight excluding hydrogens is 515 g/mol. The largest absolute Gasteiger partial charge is 0.373 e. The van der Waals surface area contributed by atoms with Gasteiger partial charge in [0.15, 0.2) is 11.7 Å². The van der Waals surface area contributed by atoms with Crippen LogP contribution in [0.15, 0.2) is 70.2 Å². The minimum absolute atomic E-state index is 0. The van der Waals surface area contributed by atoms with E-state index in [1.807, 2.05) is 36.4 Å². The van der Waals surface area contributed by atoms with E-state index in [-0.39, 0.29) is 30.1 Å². The summed E-state index contributed by atoms with van der Waals surface area (Å²) in [4.78, 5) is 4.36. The van der Waals surface area contributed by atoms with Gasteiger partial charge < -0.3 is 19.9 Å². The third-order valence-corrected chi connectivity index (χ3v) is 5.66. The van der Waals surface area contributed by atoms with Crippen LogP contribution in [-0.2, 0) is 11.3 Å². The number of halogens is 1. The Bertz CT molecular complexity index is 989. The molecule has 2 unspecified atom stereocenters. The number of ether oxygens (including phenoxy) is 1. The number of hydrogen-bond donors (Lipinski definition) is 2. The highest BCUT2D eigenvalue weighted by atomic mass is 127. The molecule has 1 saturated heterocycles. The number of benzene rings is 2. The van der Waals surface area contributed by atoms with Crippen molar-refractivity contribution in [1.29, 1.82) is 0 Å². The summed E-state index contributed by atoms with van der Waals surface area (Å²) in [6.07, 6.45) is 2.33. The van der Waals surface area contributed by atoms with Crippen LogP contribution in [0.5, 0.6) is 0 Å². The van der Waals surface area contributed by atoms with Crippen molar-refractivity contribution >= 4 is 29.9 Å². The molecule has 1 aromatic heterocycles. The number of aryl methyl sites for hydroxylation is 1. The second-order valence-corrected chi connectivity index (χ2v) is 7.96. The third kappa shape index (κ3) is 6.32. The molecule has 0 amide bonds. The van der Waals surface area contributed by atoms with Gasteiger partial charge >= 0.3 is 0 Å². The SMILES string of the molecule is CN=C(NCc1cc(-c2ccccc2)on1)NCC1CCCOC1c1ccc(C)cc1.I. The summed E-state index contributed by atoms with van der Waals surface area (Å²) < 4.78 is 11.6. The fourth-order valence-electron chi connectivity index (χ4n) is 3.93. The van der Waals surface area contributed by atoms with E-state index in [1.165, 1.54) is 11.1 Å². The molecule has 1 aliphatic rings. The van der Waals surface area contributed by atoms with E-state index in [0.29, 0.717) is 12.5 Å². The van der Waals surface area contributed by atoms with Crippen LogP contribution in [0, 0.1) is 12.8 Å². The molecule has 2 aromatic carbocycles. The molecule has 7 heteroatoms. The molecule has 1 fully saturated rings. The van der Waals surface area contributed by atoms with Gasteiger partial charge in [-0.3, -0.25) is 4.99 Å². The highest BCUT2D eigenvalue weighted by molar-refractivity contribution is 14.0. The van der Waals surface area contributed by atoms with Crippen molar-refractivity contribution in [3.05, 3.63) is 77.5 Å². The predicted octanol–water partition coefficient (Wildman–Crippen LogP) is 5.10. The van der Waals surface area contributed by atoms with Crippen LogP contribution < -0.4 is 10.6 Å². The zero-order valence-corrected chi connectivity index (χ0v) is 20.9. The van der Waals surface area contributed by atoms with Gasteiger partial charge in [0.2, 0.25) is 0 Å². The van der Waals surface area contributed by atoms with Crippen LogP contribution in [0.1, 0.15) is 35.8 Å². The van der Waals surface area contributed by atoms with Gasteiger partial charge in [-0.05, 0) is 25.3 Å². The smallest absolute Gasteiger partial charge is 0.191 e. The molecule has 2 heterocycles. The fraction of sp³-hybridized carbons (Fsp3) is 0.360. The molecule has 4 rings (SSSR count). The summed E-state index contributed by atoms with van der Waals surface area (Å²) in [5.41, 5.74) is 4.36. The van der Waals surface area contributed by atoms with E-state index in [2.05, 4.69) is 52.0 Å². The number of hydrogen-bond acceptors (Lipinski definition) is 4. The zero-order chi connectivity index (χ0) is 21.5. The highest BCUT2D eigenvalue weighted by Crippen LogP contribution is 2.33. The highest BCUT2D eigenvalue weighted by Gasteiger charge is 2.27. The van der Waals surface area contributed by atoms with Crippen molar-refractivity contribution in [1.82, 2.24) is 15.8 Å². The first-order valence-electron chi connectivity index (χ1n) is 10.9. The van der Waals surface area contributed by atoms with E-state index in [0.717, 1.165) is 49.0 Å². The molecule has 0 radical (unpaired) electrons. The summed E-state index contributed by atoms with van der Waals surface area (Å²) in [5, 5.41) is 11.0. The lowest BCUT2D eigenvalue weighted by molar-refractivity contribution is -0.0265. The van der Waals surface area contributed by atoms with Gasteiger partial charge in [0.05, 0.1) is 12.6 Å². The number of aromatic nitrogens is 1. The lowest BCUT2D eigenvalue weighted by Gasteiger charge is -2.32. The summed E-state index contributed by atoms with van der Waals surface area (Å²) in [6.45, 7) is 4.26. The Balaban J connectivity index is 0.00000289. The summed E-state index contributed by atoms with van der Waals surface area (Å²) in [7, 11) is 1.78. The quantitative estimate of drug-likeness (QED) is 0.256. The Kier molecular flexibility index (Phi) is 9.11. The molecule has 0 saturated carbocycles. The van der Waals surface area contributed by atoms with Crippen molar-refractivity contribution < 1.29 is 9.26 Å². The Morgan fingerprint density at radius 1 is 1.09 bits per heavy atom. The van der Waals surface area contributed by atoms with Crippen molar-refractivity contribution in [2.24, 2.45) is 10.9 Å². The third-order valence-electron chi connectivity index (χ3n) is 5.66. The topological polar surface area (TPSA) is 71.7 Å². The maximum absolute atomic E-state index is 6.13.